The third kappa shape index (κ3) is 3.02. The van der Waals surface area contributed by atoms with Crippen molar-refractivity contribution in [2.24, 2.45) is 11.3 Å². The lowest BCUT2D eigenvalue weighted by Crippen LogP contribution is -2.48. The molecule has 2 N–H and O–H groups in total. The maximum atomic E-state index is 12.1. The van der Waals surface area contributed by atoms with Crippen LogP contribution in [0, 0.1) is 22.7 Å². The van der Waals surface area contributed by atoms with Crippen LogP contribution in [0.1, 0.15) is 52.9 Å². The van der Waals surface area contributed by atoms with Crippen molar-refractivity contribution in [2.45, 2.75) is 58.5 Å². The highest BCUT2D eigenvalue weighted by Crippen LogP contribution is 2.37. The lowest BCUT2D eigenvalue weighted by Gasteiger charge is -2.31. The minimum atomic E-state index is -0.917. The Morgan fingerprint density at radius 2 is 2.11 bits per heavy atom. The van der Waals surface area contributed by atoms with E-state index in [1.807, 2.05) is 13.8 Å². The number of carbonyl (C=O) groups excluding carboxylic acids is 1. The summed E-state index contributed by atoms with van der Waals surface area (Å²) in [5, 5.41) is 22.2. The minimum Gasteiger partial charge on any atom is -0.388 e. The highest BCUT2D eigenvalue weighted by atomic mass is 16.3. The molecule has 0 heterocycles. The number of rotatable bonds is 5. The van der Waals surface area contributed by atoms with Gasteiger partial charge in [-0.2, -0.15) is 5.26 Å². The number of hydrogen-bond acceptors (Lipinski definition) is 3. The van der Waals surface area contributed by atoms with Crippen molar-refractivity contribution in [1.29, 1.82) is 5.26 Å². The zero-order valence-corrected chi connectivity index (χ0v) is 11.6. The average molecular weight is 252 g/mol. The monoisotopic (exact) mass is 252 g/mol. The maximum absolute atomic E-state index is 12.1. The van der Waals surface area contributed by atoms with E-state index < -0.39 is 11.0 Å². The van der Waals surface area contributed by atoms with Gasteiger partial charge in [-0.25, -0.2) is 0 Å². The molecule has 0 aromatic rings. The maximum Gasteiger partial charge on any atom is 0.240 e. The lowest BCUT2D eigenvalue weighted by molar-refractivity contribution is -0.129. The number of nitriles is 1. The largest absolute Gasteiger partial charge is 0.388 e. The van der Waals surface area contributed by atoms with Gasteiger partial charge in [-0.1, -0.05) is 33.1 Å². The number of amides is 1. The number of carbonyl (C=O) groups is 1. The summed E-state index contributed by atoms with van der Waals surface area (Å²) >= 11 is 0. The van der Waals surface area contributed by atoms with E-state index in [-0.39, 0.29) is 18.4 Å². The van der Waals surface area contributed by atoms with Crippen LogP contribution in [0.15, 0.2) is 0 Å². The van der Waals surface area contributed by atoms with Gasteiger partial charge in [0.1, 0.15) is 5.41 Å². The normalized spacial score (nSPS) is 22.8. The Bertz CT molecular complexity index is 338. The molecule has 1 rings (SSSR count). The molecule has 4 nitrogen and oxygen atoms in total. The van der Waals surface area contributed by atoms with Crippen LogP contribution in [0.2, 0.25) is 0 Å². The molecule has 2 unspecified atom stereocenters. The van der Waals surface area contributed by atoms with E-state index in [4.69, 9.17) is 0 Å². The molecule has 4 heteroatoms. The predicted molar refractivity (Wildman–Crippen MR) is 69.6 cm³/mol. The minimum absolute atomic E-state index is 0.111. The summed E-state index contributed by atoms with van der Waals surface area (Å²) in [5.41, 5.74) is -1.77. The second kappa shape index (κ2) is 5.71. The van der Waals surface area contributed by atoms with E-state index in [1.165, 1.54) is 0 Å². The number of nitrogens with zero attached hydrogens (tertiary/aromatic N) is 1. The van der Waals surface area contributed by atoms with Crippen LogP contribution in [0.4, 0.5) is 0 Å². The third-order valence-electron chi connectivity index (χ3n) is 4.39. The van der Waals surface area contributed by atoms with Crippen LogP contribution in [-0.4, -0.2) is 23.2 Å². The summed E-state index contributed by atoms with van der Waals surface area (Å²) in [4.78, 5) is 12.1. The SMILES string of the molecule is CCC(C)C(C)(O)CNC(=O)C1(C#N)CCCC1. The van der Waals surface area contributed by atoms with E-state index in [0.29, 0.717) is 12.8 Å². The molecule has 18 heavy (non-hydrogen) atoms. The fourth-order valence-corrected chi connectivity index (χ4v) is 2.41. The van der Waals surface area contributed by atoms with E-state index in [1.54, 1.807) is 6.92 Å². The third-order valence-corrected chi connectivity index (χ3v) is 4.39. The summed E-state index contributed by atoms with van der Waals surface area (Å²) in [5.74, 6) is -0.106. The van der Waals surface area contributed by atoms with E-state index >= 15 is 0 Å². The molecule has 2 atom stereocenters. The number of hydrogen-bond donors (Lipinski definition) is 2. The van der Waals surface area contributed by atoms with Crippen LogP contribution < -0.4 is 5.32 Å². The fourth-order valence-electron chi connectivity index (χ4n) is 2.41. The summed E-state index contributed by atoms with van der Waals surface area (Å²) < 4.78 is 0. The molecule has 0 aromatic heterocycles. The molecular weight excluding hydrogens is 228 g/mol. The highest BCUT2D eigenvalue weighted by molar-refractivity contribution is 5.85. The first-order valence-corrected chi connectivity index (χ1v) is 6.80. The molecule has 0 saturated heterocycles. The molecule has 1 saturated carbocycles. The van der Waals surface area contributed by atoms with Crippen molar-refractivity contribution >= 4 is 5.91 Å². The molecule has 1 aliphatic rings. The smallest absolute Gasteiger partial charge is 0.240 e. The molecule has 1 aliphatic carbocycles. The van der Waals surface area contributed by atoms with Gasteiger partial charge < -0.3 is 10.4 Å². The zero-order chi connectivity index (χ0) is 13.8. The van der Waals surface area contributed by atoms with Gasteiger partial charge in [-0.05, 0) is 25.7 Å². The van der Waals surface area contributed by atoms with E-state index in [9.17, 15) is 15.2 Å². The number of aliphatic hydroxyl groups is 1. The second-order valence-corrected chi connectivity index (χ2v) is 5.75. The molecule has 0 radical (unpaired) electrons. The Kier molecular flexibility index (Phi) is 4.75. The lowest BCUT2D eigenvalue weighted by atomic mass is 9.85. The second-order valence-electron chi connectivity index (χ2n) is 5.75. The Balaban J connectivity index is 2.58. The molecular formula is C14H24N2O2. The first kappa shape index (κ1) is 15.0. The van der Waals surface area contributed by atoms with Crippen LogP contribution >= 0.6 is 0 Å². The summed E-state index contributed by atoms with van der Waals surface area (Å²) in [7, 11) is 0. The molecule has 1 amide bonds. The van der Waals surface area contributed by atoms with Gasteiger partial charge in [0.05, 0.1) is 11.7 Å². The van der Waals surface area contributed by atoms with Gasteiger partial charge in [0, 0.05) is 6.54 Å². The quantitative estimate of drug-likeness (QED) is 0.785. The van der Waals surface area contributed by atoms with Gasteiger partial charge in [0.25, 0.3) is 0 Å². The highest BCUT2D eigenvalue weighted by Gasteiger charge is 2.42. The molecule has 102 valence electrons. The molecule has 0 bridgehead atoms. The van der Waals surface area contributed by atoms with Crippen molar-refractivity contribution in [3.8, 4) is 6.07 Å². The van der Waals surface area contributed by atoms with Crippen molar-refractivity contribution in [3.63, 3.8) is 0 Å². The Morgan fingerprint density at radius 1 is 1.56 bits per heavy atom. The van der Waals surface area contributed by atoms with E-state index in [0.717, 1.165) is 19.3 Å². The fraction of sp³-hybridized carbons (Fsp3) is 0.857. The zero-order valence-electron chi connectivity index (χ0n) is 11.6. The van der Waals surface area contributed by atoms with Crippen LogP contribution in [-0.2, 0) is 4.79 Å². The average Bonchev–Trinajstić information content (AvgIpc) is 2.84. The first-order chi connectivity index (χ1) is 8.38. The van der Waals surface area contributed by atoms with Crippen LogP contribution in [0.3, 0.4) is 0 Å². The Labute approximate surface area is 109 Å². The Morgan fingerprint density at radius 3 is 2.56 bits per heavy atom. The summed E-state index contributed by atoms with van der Waals surface area (Å²) in [6.07, 6.45) is 4.00. The van der Waals surface area contributed by atoms with Gasteiger partial charge in [0.2, 0.25) is 5.91 Å². The summed E-state index contributed by atoms with van der Waals surface area (Å²) in [6.45, 7) is 5.91. The van der Waals surface area contributed by atoms with Gasteiger partial charge in [-0.15, -0.1) is 0 Å². The topological polar surface area (TPSA) is 73.1 Å². The van der Waals surface area contributed by atoms with Crippen molar-refractivity contribution < 1.29 is 9.90 Å². The molecule has 0 aromatic carbocycles. The molecule has 1 fully saturated rings. The van der Waals surface area contributed by atoms with Crippen LogP contribution in [0.25, 0.3) is 0 Å². The van der Waals surface area contributed by atoms with Crippen molar-refractivity contribution in [3.05, 3.63) is 0 Å². The van der Waals surface area contributed by atoms with E-state index in [2.05, 4.69) is 11.4 Å². The van der Waals surface area contributed by atoms with Gasteiger partial charge >= 0.3 is 0 Å². The van der Waals surface area contributed by atoms with Gasteiger partial charge in [0.15, 0.2) is 0 Å². The van der Waals surface area contributed by atoms with Gasteiger partial charge in [-0.3, -0.25) is 4.79 Å². The standard InChI is InChI=1S/C14H24N2O2/c1-4-11(2)13(3,18)10-16-12(17)14(9-15)7-5-6-8-14/h11,18H,4-8,10H2,1-3H3,(H,16,17). The van der Waals surface area contributed by atoms with Crippen LogP contribution in [0.5, 0.6) is 0 Å². The first-order valence-electron chi connectivity index (χ1n) is 6.80. The number of nitrogens with one attached hydrogen (secondary N) is 1. The van der Waals surface area contributed by atoms with Crippen molar-refractivity contribution in [1.82, 2.24) is 5.32 Å². The predicted octanol–water partition coefficient (Wildman–Crippen LogP) is 1.98. The molecule has 0 aliphatic heterocycles. The summed E-state index contributed by atoms with van der Waals surface area (Å²) in [6, 6.07) is 2.16. The van der Waals surface area contributed by atoms with Crippen molar-refractivity contribution in [2.75, 3.05) is 6.54 Å². The molecule has 0 spiro atoms. The Hall–Kier alpha value is -1.08.